The van der Waals surface area contributed by atoms with E-state index < -0.39 is 5.25 Å². The Morgan fingerprint density at radius 2 is 1.96 bits per heavy atom. The summed E-state index contributed by atoms with van der Waals surface area (Å²) in [5, 5.41) is 7.94. The van der Waals surface area contributed by atoms with Gasteiger partial charge in [-0.05, 0) is 36.8 Å². The Hall–Kier alpha value is -2.67. The van der Waals surface area contributed by atoms with Crippen molar-refractivity contribution in [2.75, 3.05) is 7.05 Å². The monoisotopic (exact) mass is 371 g/mol. The van der Waals surface area contributed by atoms with Crippen LogP contribution in [-0.4, -0.2) is 33.3 Å². The van der Waals surface area contributed by atoms with Crippen molar-refractivity contribution in [2.45, 2.75) is 23.9 Å². The summed E-state index contributed by atoms with van der Waals surface area (Å²) in [5.74, 6) is 0.00432. The van der Waals surface area contributed by atoms with Gasteiger partial charge in [0.1, 0.15) is 5.82 Å². The molecule has 0 aliphatic rings. The van der Waals surface area contributed by atoms with Crippen molar-refractivity contribution < 1.29 is 13.6 Å². The summed E-state index contributed by atoms with van der Waals surface area (Å²) < 4.78 is 18.9. The molecular formula is C19H18FN3O2S. The van der Waals surface area contributed by atoms with Gasteiger partial charge in [-0.1, -0.05) is 42.1 Å². The summed E-state index contributed by atoms with van der Waals surface area (Å²) >= 11 is 1.20. The van der Waals surface area contributed by atoms with Crippen LogP contribution in [-0.2, 0) is 11.3 Å². The van der Waals surface area contributed by atoms with Gasteiger partial charge in [-0.2, -0.15) is 0 Å². The van der Waals surface area contributed by atoms with Crippen LogP contribution in [0.25, 0.3) is 11.5 Å². The molecule has 134 valence electrons. The normalized spacial score (nSPS) is 12.0. The van der Waals surface area contributed by atoms with Gasteiger partial charge in [0.25, 0.3) is 5.22 Å². The van der Waals surface area contributed by atoms with Crippen LogP contribution < -0.4 is 0 Å². The van der Waals surface area contributed by atoms with Crippen LogP contribution in [0.1, 0.15) is 12.5 Å². The van der Waals surface area contributed by atoms with Crippen LogP contribution >= 0.6 is 11.8 Å². The summed E-state index contributed by atoms with van der Waals surface area (Å²) in [6, 6.07) is 15.7. The maximum atomic E-state index is 13.3. The van der Waals surface area contributed by atoms with E-state index in [0.29, 0.717) is 17.7 Å². The fraction of sp³-hybridized carbons (Fsp3) is 0.211. The minimum Gasteiger partial charge on any atom is -0.411 e. The van der Waals surface area contributed by atoms with Crippen molar-refractivity contribution in [3.63, 3.8) is 0 Å². The van der Waals surface area contributed by atoms with Gasteiger partial charge in [0.2, 0.25) is 11.8 Å². The third kappa shape index (κ3) is 4.49. The van der Waals surface area contributed by atoms with Gasteiger partial charge in [-0.3, -0.25) is 4.79 Å². The molecule has 1 amide bonds. The molecule has 26 heavy (non-hydrogen) atoms. The van der Waals surface area contributed by atoms with Crippen molar-refractivity contribution in [3.8, 4) is 11.5 Å². The maximum Gasteiger partial charge on any atom is 0.277 e. The molecule has 3 aromatic rings. The molecule has 3 rings (SSSR count). The molecule has 0 spiro atoms. The highest BCUT2D eigenvalue weighted by molar-refractivity contribution is 8.00. The number of hydrogen-bond acceptors (Lipinski definition) is 5. The van der Waals surface area contributed by atoms with E-state index in [0.717, 1.165) is 11.1 Å². The van der Waals surface area contributed by atoms with Crippen LogP contribution in [0.2, 0.25) is 0 Å². The third-order valence-electron chi connectivity index (χ3n) is 3.74. The molecule has 7 heteroatoms. The largest absolute Gasteiger partial charge is 0.411 e. The lowest BCUT2D eigenvalue weighted by molar-refractivity contribution is -0.129. The molecular weight excluding hydrogens is 353 g/mol. The molecule has 2 aromatic carbocycles. The van der Waals surface area contributed by atoms with E-state index in [1.807, 2.05) is 30.3 Å². The van der Waals surface area contributed by atoms with E-state index in [1.54, 1.807) is 31.0 Å². The molecule has 0 bridgehead atoms. The number of amides is 1. The van der Waals surface area contributed by atoms with Gasteiger partial charge in [0, 0.05) is 19.2 Å². The van der Waals surface area contributed by atoms with Crippen LogP contribution in [0.3, 0.4) is 0 Å². The lowest BCUT2D eigenvalue weighted by Crippen LogP contribution is -2.32. The molecule has 0 aliphatic carbocycles. The highest BCUT2D eigenvalue weighted by Gasteiger charge is 2.22. The topological polar surface area (TPSA) is 59.2 Å². The number of halogens is 1. The Kier molecular flexibility index (Phi) is 5.68. The highest BCUT2D eigenvalue weighted by atomic mass is 32.2. The first kappa shape index (κ1) is 18.1. The van der Waals surface area contributed by atoms with Crippen LogP contribution in [0.15, 0.2) is 64.2 Å². The second-order valence-corrected chi connectivity index (χ2v) is 7.12. The van der Waals surface area contributed by atoms with Crippen LogP contribution in [0.5, 0.6) is 0 Å². The zero-order valence-electron chi connectivity index (χ0n) is 14.4. The van der Waals surface area contributed by atoms with Gasteiger partial charge in [0.05, 0.1) is 5.25 Å². The Morgan fingerprint density at radius 1 is 1.19 bits per heavy atom. The second-order valence-electron chi connectivity index (χ2n) is 5.82. The first-order valence-corrected chi connectivity index (χ1v) is 8.96. The molecule has 1 atom stereocenters. The molecule has 0 radical (unpaired) electrons. The van der Waals surface area contributed by atoms with Crippen LogP contribution in [0.4, 0.5) is 4.39 Å². The Balaban J connectivity index is 1.61. The lowest BCUT2D eigenvalue weighted by atomic mass is 10.2. The fourth-order valence-electron chi connectivity index (χ4n) is 2.45. The van der Waals surface area contributed by atoms with E-state index in [1.165, 1.54) is 23.9 Å². The minimum absolute atomic E-state index is 0.0984. The number of benzene rings is 2. The molecule has 0 saturated heterocycles. The number of carbonyl (C=O) groups is 1. The number of carbonyl (C=O) groups excluding carboxylic acids is 1. The SMILES string of the molecule is C[C@@H](Sc1nnc(-c2ccccc2)o1)C(=O)N(C)Cc1cccc(F)c1. The quantitative estimate of drug-likeness (QED) is 0.613. The van der Waals surface area contributed by atoms with E-state index in [9.17, 15) is 9.18 Å². The molecule has 0 unspecified atom stereocenters. The van der Waals surface area contributed by atoms with Crippen molar-refractivity contribution in [3.05, 3.63) is 66.0 Å². The second kappa shape index (κ2) is 8.14. The van der Waals surface area contributed by atoms with Gasteiger partial charge < -0.3 is 9.32 Å². The van der Waals surface area contributed by atoms with Crippen molar-refractivity contribution in [1.29, 1.82) is 0 Å². The molecule has 0 saturated carbocycles. The number of aromatic nitrogens is 2. The smallest absolute Gasteiger partial charge is 0.277 e. The van der Waals surface area contributed by atoms with E-state index in [2.05, 4.69) is 10.2 Å². The number of nitrogens with zero attached hydrogens (tertiary/aromatic N) is 3. The van der Waals surface area contributed by atoms with E-state index in [-0.39, 0.29) is 11.7 Å². The first-order valence-electron chi connectivity index (χ1n) is 8.08. The molecule has 1 heterocycles. The number of rotatable bonds is 6. The average molecular weight is 371 g/mol. The lowest BCUT2D eigenvalue weighted by Gasteiger charge is -2.20. The molecule has 1 aromatic heterocycles. The Morgan fingerprint density at radius 3 is 2.69 bits per heavy atom. The molecule has 0 fully saturated rings. The summed E-state index contributed by atoms with van der Waals surface area (Å²) in [6.45, 7) is 2.11. The van der Waals surface area contributed by atoms with Crippen molar-refractivity contribution in [2.24, 2.45) is 0 Å². The van der Waals surface area contributed by atoms with Crippen molar-refractivity contribution in [1.82, 2.24) is 15.1 Å². The summed E-state index contributed by atoms with van der Waals surface area (Å²) in [7, 11) is 1.69. The number of hydrogen-bond donors (Lipinski definition) is 0. The molecule has 0 N–H and O–H groups in total. The zero-order chi connectivity index (χ0) is 18.5. The van der Waals surface area contributed by atoms with Gasteiger partial charge in [-0.25, -0.2) is 4.39 Å². The summed E-state index contributed by atoms with van der Waals surface area (Å²) in [4.78, 5) is 14.1. The predicted octanol–water partition coefficient (Wildman–Crippen LogP) is 4.01. The predicted molar refractivity (Wildman–Crippen MR) is 97.9 cm³/mol. The Bertz CT molecular complexity index is 885. The number of thioether (sulfide) groups is 1. The summed E-state index contributed by atoms with van der Waals surface area (Å²) in [5.41, 5.74) is 1.57. The van der Waals surface area contributed by atoms with Crippen molar-refractivity contribution >= 4 is 17.7 Å². The van der Waals surface area contributed by atoms with E-state index in [4.69, 9.17) is 4.42 Å². The summed E-state index contributed by atoms with van der Waals surface area (Å²) in [6.07, 6.45) is 0. The first-order chi connectivity index (χ1) is 12.5. The average Bonchev–Trinajstić information content (AvgIpc) is 3.10. The van der Waals surface area contributed by atoms with Gasteiger partial charge in [-0.15, -0.1) is 10.2 Å². The fourth-order valence-corrected chi connectivity index (χ4v) is 3.25. The molecule has 0 aliphatic heterocycles. The maximum absolute atomic E-state index is 13.3. The highest BCUT2D eigenvalue weighted by Crippen LogP contribution is 2.27. The zero-order valence-corrected chi connectivity index (χ0v) is 15.2. The van der Waals surface area contributed by atoms with Crippen LogP contribution in [0, 0.1) is 5.82 Å². The van der Waals surface area contributed by atoms with Gasteiger partial charge in [0.15, 0.2) is 0 Å². The standard InChI is InChI=1S/C19H18FN3O2S/c1-13(18(24)23(2)12-14-7-6-10-16(20)11-14)26-19-22-21-17(25-19)15-8-4-3-5-9-15/h3-11,13H,12H2,1-2H3/t13-/m1/s1. The van der Waals surface area contributed by atoms with E-state index >= 15 is 0 Å². The Labute approximate surface area is 155 Å². The minimum atomic E-state index is -0.405. The third-order valence-corrected chi connectivity index (χ3v) is 4.66. The molecule has 5 nitrogen and oxygen atoms in total. The van der Waals surface area contributed by atoms with Gasteiger partial charge >= 0.3 is 0 Å².